The van der Waals surface area contributed by atoms with E-state index in [1.165, 1.54) is 11.3 Å². The molecule has 0 saturated heterocycles. The number of ether oxygens (including phenoxy) is 2. The molecule has 0 aliphatic carbocycles. The zero-order chi connectivity index (χ0) is 12.8. The Morgan fingerprint density at radius 2 is 2.18 bits per heavy atom. The molecule has 1 aromatic heterocycles. The molecule has 1 unspecified atom stereocenters. The second-order valence-electron chi connectivity index (χ2n) is 3.69. The lowest BCUT2D eigenvalue weighted by atomic mass is 10.2. The van der Waals surface area contributed by atoms with Gasteiger partial charge in [-0.25, -0.2) is 9.78 Å². The van der Waals surface area contributed by atoms with E-state index in [2.05, 4.69) is 11.9 Å². The number of nitrogens with zero attached hydrogens (tertiary/aromatic N) is 1. The van der Waals surface area contributed by atoms with Crippen LogP contribution in [0.3, 0.4) is 0 Å². The molecule has 0 saturated carbocycles. The molecular formula is C12H19NO3S. The quantitative estimate of drug-likeness (QED) is 0.735. The van der Waals surface area contributed by atoms with Crippen LogP contribution in [0.4, 0.5) is 0 Å². The van der Waals surface area contributed by atoms with Crippen LogP contribution in [0.2, 0.25) is 0 Å². The van der Waals surface area contributed by atoms with Gasteiger partial charge in [0.2, 0.25) is 0 Å². The van der Waals surface area contributed by atoms with E-state index in [0.717, 1.165) is 22.7 Å². The first-order chi connectivity index (χ1) is 8.13. The maximum absolute atomic E-state index is 11.6. The standard InChI is InChI=1S/C12H19NO3S/c1-5-7-9(15-4)11-13-10(8(3)17-11)12(14)16-6-2/h9H,5-7H2,1-4H3. The zero-order valence-electron chi connectivity index (χ0n) is 10.8. The highest BCUT2D eigenvalue weighted by molar-refractivity contribution is 7.11. The molecule has 0 bridgehead atoms. The molecular weight excluding hydrogens is 238 g/mol. The van der Waals surface area contributed by atoms with E-state index in [-0.39, 0.29) is 12.1 Å². The molecule has 0 fully saturated rings. The Morgan fingerprint density at radius 3 is 2.71 bits per heavy atom. The Hall–Kier alpha value is -0.940. The van der Waals surface area contributed by atoms with Crippen LogP contribution in [0.1, 0.15) is 53.2 Å². The third kappa shape index (κ3) is 3.51. The zero-order valence-corrected chi connectivity index (χ0v) is 11.6. The van der Waals surface area contributed by atoms with Gasteiger partial charge in [-0.2, -0.15) is 0 Å². The van der Waals surface area contributed by atoms with Gasteiger partial charge in [0.25, 0.3) is 0 Å². The topological polar surface area (TPSA) is 48.4 Å². The smallest absolute Gasteiger partial charge is 0.358 e. The van der Waals surface area contributed by atoms with Gasteiger partial charge in [0, 0.05) is 12.0 Å². The molecule has 0 radical (unpaired) electrons. The van der Waals surface area contributed by atoms with Crippen molar-refractivity contribution in [3.8, 4) is 0 Å². The van der Waals surface area contributed by atoms with Gasteiger partial charge in [-0.1, -0.05) is 13.3 Å². The number of thiazole rings is 1. The van der Waals surface area contributed by atoms with Crippen molar-refractivity contribution in [3.63, 3.8) is 0 Å². The van der Waals surface area contributed by atoms with Gasteiger partial charge in [-0.15, -0.1) is 11.3 Å². The van der Waals surface area contributed by atoms with Crippen LogP contribution in [-0.4, -0.2) is 24.7 Å². The Morgan fingerprint density at radius 1 is 1.47 bits per heavy atom. The minimum Gasteiger partial charge on any atom is -0.461 e. The summed E-state index contributed by atoms with van der Waals surface area (Å²) in [5.74, 6) is -0.348. The van der Waals surface area contributed by atoms with Gasteiger partial charge in [0.15, 0.2) is 5.69 Å². The van der Waals surface area contributed by atoms with E-state index in [1.54, 1.807) is 14.0 Å². The number of methoxy groups -OCH3 is 1. The molecule has 1 heterocycles. The van der Waals surface area contributed by atoms with Gasteiger partial charge >= 0.3 is 5.97 Å². The molecule has 0 spiro atoms. The molecule has 1 atom stereocenters. The summed E-state index contributed by atoms with van der Waals surface area (Å²) in [5, 5.41) is 0.856. The lowest BCUT2D eigenvalue weighted by molar-refractivity contribution is 0.0517. The van der Waals surface area contributed by atoms with Crippen LogP contribution in [0, 0.1) is 6.92 Å². The first kappa shape index (κ1) is 14.1. The highest BCUT2D eigenvalue weighted by atomic mass is 32.1. The first-order valence-electron chi connectivity index (χ1n) is 5.81. The van der Waals surface area contributed by atoms with Crippen molar-refractivity contribution in [2.45, 2.75) is 39.7 Å². The molecule has 0 aromatic carbocycles. The average Bonchev–Trinajstić information content (AvgIpc) is 2.68. The third-order valence-corrected chi connectivity index (χ3v) is 3.46. The summed E-state index contributed by atoms with van der Waals surface area (Å²) in [6.07, 6.45) is 1.91. The number of aromatic nitrogens is 1. The van der Waals surface area contributed by atoms with Gasteiger partial charge in [0.1, 0.15) is 11.1 Å². The molecule has 0 N–H and O–H groups in total. The van der Waals surface area contributed by atoms with Crippen molar-refractivity contribution >= 4 is 17.3 Å². The fourth-order valence-electron chi connectivity index (χ4n) is 1.55. The van der Waals surface area contributed by atoms with Crippen LogP contribution in [0.15, 0.2) is 0 Å². The minimum absolute atomic E-state index is 0.0214. The Bertz CT molecular complexity index is 376. The normalized spacial score (nSPS) is 12.5. The van der Waals surface area contributed by atoms with Crippen molar-refractivity contribution in [2.24, 2.45) is 0 Å². The highest BCUT2D eigenvalue weighted by Gasteiger charge is 2.21. The number of rotatable bonds is 6. The van der Waals surface area contributed by atoms with Crippen molar-refractivity contribution < 1.29 is 14.3 Å². The van der Waals surface area contributed by atoms with Gasteiger partial charge in [-0.05, 0) is 20.3 Å². The molecule has 0 aliphatic rings. The SMILES string of the molecule is CCCC(OC)c1nc(C(=O)OCC)c(C)s1. The van der Waals surface area contributed by atoms with Crippen LogP contribution in [0.5, 0.6) is 0 Å². The summed E-state index contributed by atoms with van der Waals surface area (Å²) >= 11 is 1.50. The Labute approximate surface area is 106 Å². The maximum Gasteiger partial charge on any atom is 0.358 e. The Balaban J connectivity index is 2.90. The van der Waals surface area contributed by atoms with E-state index in [9.17, 15) is 4.79 Å². The van der Waals surface area contributed by atoms with Crippen LogP contribution in [-0.2, 0) is 9.47 Å². The molecule has 0 amide bonds. The summed E-state index contributed by atoms with van der Waals surface area (Å²) in [4.78, 5) is 16.9. The number of esters is 1. The summed E-state index contributed by atoms with van der Waals surface area (Å²) in [7, 11) is 1.67. The van der Waals surface area contributed by atoms with E-state index >= 15 is 0 Å². The second kappa shape index (κ2) is 6.71. The number of carbonyl (C=O) groups is 1. The van der Waals surface area contributed by atoms with Crippen LogP contribution < -0.4 is 0 Å². The fourth-order valence-corrected chi connectivity index (χ4v) is 2.57. The summed E-state index contributed by atoms with van der Waals surface area (Å²) < 4.78 is 10.3. The van der Waals surface area contributed by atoms with E-state index in [4.69, 9.17) is 9.47 Å². The maximum atomic E-state index is 11.6. The van der Waals surface area contributed by atoms with Gasteiger partial charge in [0.05, 0.1) is 6.61 Å². The van der Waals surface area contributed by atoms with E-state index in [0.29, 0.717) is 12.3 Å². The lowest BCUT2D eigenvalue weighted by Crippen LogP contribution is -2.07. The molecule has 5 heteroatoms. The minimum atomic E-state index is -0.348. The lowest BCUT2D eigenvalue weighted by Gasteiger charge is -2.10. The number of hydrogen-bond donors (Lipinski definition) is 0. The van der Waals surface area contributed by atoms with Crippen molar-refractivity contribution in [2.75, 3.05) is 13.7 Å². The van der Waals surface area contributed by atoms with Crippen LogP contribution >= 0.6 is 11.3 Å². The fraction of sp³-hybridized carbons (Fsp3) is 0.667. The average molecular weight is 257 g/mol. The van der Waals surface area contributed by atoms with Crippen molar-refractivity contribution in [1.29, 1.82) is 0 Å². The first-order valence-corrected chi connectivity index (χ1v) is 6.62. The molecule has 96 valence electrons. The van der Waals surface area contributed by atoms with Gasteiger partial charge in [-0.3, -0.25) is 0 Å². The van der Waals surface area contributed by atoms with Crippen molar-refractivity contribution in [3.05, 3.63) is 15.6 Å². The molecule has 17 heavy (non-hydrogen) atoms. The molecule has 4 nitrogen and oxygen atoms in total. The predicted molar refractivity (Wildman–Crippen MR) is 67.5 cm³/mol. The molecule has 1 rings (SSSR count). The van der Waals surface area contributed by atoms with Crippen molar-refractivity contribution in [1.82, 2.24) is 4.98 Å². The predicted octanol–water partition coefficient (Wildman–Crippen LogP) is 3.12. The summed E-state index contributed by atoms with van der Waals surface area (Å²) in [6.45, 7) is 6.13. The highest BCUT2D eigenvalue weighted by Crippen LogP contribution is 2.28. The third-order valence-electron chi connectivity index (χ3n) is 2.39. The van der Waals surface area contributed by atoms with E-state index in [1.807, 2.05) is 6.92 Å². The number of carbonyl (C=O) groups excluding carboxylic acids is 1. The number of hydrogen-bond acceptors (Lipinski definition) is 5. The van der Waals surface area contributed by atoms with Gasteiger partial charge < -0.3 is 9.47 Å². The monoisotopic (exact) mass is 257 g/mol. The summed E-state index contributed by atoms with van der Waals surface area (Å²) in [6, 6.07) is 0. The largest absolute Gasteiger partial charge is 0.461 e. The number of aryl methyl sites for hydroxylation is 1. The summed E-state index contributed by atoms with van der Waals surface area (Å²) in [5.41, 5.74) is 0.421. The molecule has 1 aromatic rings. The molecule has 0 aliphatic heterocycles. The van der Waals surface area contributed by atoms with Crippen LogP contribution in [0.25, 0.3) is 0 Å². The Kier molecular flexibility index (Phi) is 5.58. The van der Waals surface area contributed by atoms with E-state index < -0.39 is 0 Å². The second-order valence-corrected chi connectivity index (χ2v) is 4.93.